The van der Waals surface area contributed by atoms with Crippen molar-refractivity contribution in [1.29, 1.82) is 0 Å². The van der Waals surface area contributed by atoms with E-state index in [0.717, 1.165) is 24.4 Å². The van der Waals surface area contributed by atoms with E-state index in [4.69, 9.17) is 5.73 Å². The van der Waals surface area contributed by atoms with Gasteiger partial charge in [-0.05, 0) is 43.5 Å². The Bertz CT molecular complexity index is 719. The third kappa shape index (κ3) is 5.56. The molecule has 0 aromatic heterocycles. The van der Waals surface area contributed by atoms with Gasteiger partial charge in [-0.2, -0.15) is 0 Å². The number of nitrogens with two attached hydrogens (primary N) is 1. The summed E-state index contributed by atoms with van der Waals surface area (Å²) in [6.07, 6.45) is 1.01. The van der Waals surface area contributed by atoms with Gasteiger partial charge >= 0.3 is 0 Å². The summed E-state index contributed by atoms with van der Waals surface area (Å²) in [7, 11) is 0. The molecule has 0 saturated carbocycles. The topological polar surface area (TPSA) is 50.4 Å². The Kier molecular flexibility index (Phi) is 8.13. The van der Waals surface area contributed by atoms with E-state index < -0.39 is 0 Å². The molecule has 1 atom stereocenters. The normalized spacial score (nSPS) is 19.2. The Morgan fingerprint density at radius 2 is 1.88 bits per heavy atom. The second kappa shape index (κ2) is 9.37. The fourth-order valence-corrected chi connectivity index (χ4v) is 3.74. The molecule has 25 heavy (non-hydrogen) atoms. The first-order valence-electron chi connectivity index (χ1n) is 7.93. The minimum Gasteiger partial charge on any atom is -0.381 e. The molecule has 1 aliphatic heterocycles. The van der Waals surface area contributed by atoms with E-state index in [0.29, 0.717) is 5.17 Å². The van der Waals surface area contributed by atoms with Crippen molar-refractivity contribution in [2.45, 2.75) is 32.4 Å². The van der Waals surface area contributed by atoms with Crippen molar-refractivity contribution >= 4 is 47.4 Å². The van der Waals surface area contributed by atoms with E-state index in [1.165, 1.54) is 16.7 Å². The zero-order valence-corrected chi connectivity index (χ0v) is 16.9. The molecule has 6 heteroatoms. The van der Waals surface area contributed by atoms with Crippen molar-refractivity contribution in [1.82, 2.24) is 0 Å². The lowest BCUT2D eigenvalue weighted by Crippen LogP contribution is -2.28. The molecule has 3 nitrogen and oxygen atoms in total. The highest BCUT2D eigenvalue weighted by molar-refractivity contribution is 8.13. The first-order valence-corrected chi connectivity index (χ1v) is 8.92. The van der Waals surface area contributed by atoms with Crippen LogP contribution >= 0.6 is 36.6 Å². The average molecular weight is 398 g/mol. The molecule has 1 aliphatic rings. The summed E-state index contributed by atoms with van der Waals surface area (Å²) in [5.74, 6) is 1.02. The summed E-state index contributed by atoms with van der Waals surface area (Å²) >= 11 is 1.64. The minimum atomic E-state index is -0.211. The number of anilines is 1. The third-order valence-electron chi connectivity index (χ3n) is 4.30. The molecule has 136 valence electrons. The SMILES string of the molecule is Cc1ccc(CNc2cccc(C3(C)CCSC(N)=N3)c2)cc1.Cl.Cl. The van der Waals surface area contributed by atoms with E-state index >= 15 is 0 Å². The summed E-state index contributed by atoms with van der Waals surface area (Å²) in [5.41, 5.74) is 10.6. The van der Waals surface area contributed by atoms with Crippen molar-refractivity contribution < 1.29 is 0 Å². The van der Waals surface area contributed by atoms with E-state index in [1.807, 2.05) is 0 Å². The van der Waals surface area contributed by atoms with Crippen LogP contribution in [0.15, 0.2) is 53.5 Å². The van der Waals surface area contributed by atoms with Crippen LogP contribution in [-0.4, -0.2) is 10.9 Å². The van der Waals surface area contributed by atoms with Crippen LogP contribution in [0.25, 0.3) is 0 Å². The zero-order chi connectivity index (χ0) is 16.3. The number of rotatable bonds is 4. The lowest BCUT2D eigenvalue weighted by atomic mass is 9.89. The van der Waals surface area contributed by atoms with Crippen LogP contribution in [0, 0.1) is 6.92 Å². The van der Waals surface area contributed by atoms with Gasteiger partial charge in [0.2, 0.25) is 0 Å². The molecule has 3 N–H and O–H groups in total. The van der Waals surface area contributed by atoms with E-state index in [2.05, 4.69) is 72.7 Å². The average Bonchev–Trinajstić information content (AvgIpc) is 2.54. The number of aliphatic imine (C=N–C) groups is 1. The molecule has 3 rings (SSSR count). The highest BCUT2D eigenvalue weighted by Gasteiger charge is 2.29. The smallest absolute Gasteiger partial charge is 0.154 e. The van der Waals surface area contributed by atoms with E-state index in [9.17, 15) is 0 Å². The Hall–Kier alpha value is -1.36. The molecule has 0 fully saturated rings. The molecule has 1 heterocycles. The summed E-state index contributed by atoms with van der Waals surface area (Å²) < 4.78 is 0. The van der Waals surface area contributed by atoms with Crippen LogP contribution in [0.1, 0.15) is 30.0 Å². The molecular weight excluding hydrogens is 373 g/mol. The molecular formula is C19H25Cl2N3S. The van der Waals surface area contributed by atoms with Crippen molar-refractivity contribution in [3.8, 4) is 0 Å². The van der Waals surface area contributed by atoms with Crippen molar-refractivity contribution in [2.75, 3.05) is 11.1 Å². The fraction of sp³-hybridized carbons (Fsp3) is 0.316. The number of amidine groups is 1. The Morgan fingerprint density at radius 3 is 2.56 bits per heavy atom. The summed E-state index contributed by atoms with van der Waals surface area (Å²) in [5, 5.41) is 4.19. The predicted molar refractivity (Wildman–Crippen MR) is 115 cm³/mol. The van der Waals surface area contributed by atoms with Crippen LogP contribution in [0.5, 0.6) is 0 Å². The Balaban J connectivity index is 0.00000156. The number of thioether (sulfide) groups is 1. The number of benzene rings is 2. The number of hydrogen-bond donors (Lipinski definition) is 2. The van der Waals surface area contributed by atoms with E-state index in [1.54, 1.807) is 11.8 Å². The van der Waals surface area contributed by atoms with Crippen LogP contribution in [0.4, 0.5) is 5.69 Å². The highest BCUT2D eigenvalue weighted by atomic mass is 35.5. The number of hydrogen-bond acceptors (Lipinski definition) is 4. The van der Waals surface area contributed by atoms with Crippen molar-refractivity contribution in [3.05, 3.63) is 65.2 Å². The third-order valence-corrected chi connectivity index (χ3v) is 5.09. The quantitative estimate of drug-likeness (QED) is 0.752. The van der Waals surface area contributed by atoms with Gasteiger partial charge in [0.15, 0.2) is 5.17 Å². The van der Waals surface area contributed by atoms with Crippen LogP contribution in [0.2, 0.25) is 0 Å². The molecule has 2 aromatic carbocycles. The monoisotopic (exact) mass is 397 g/mol. The summed E-state index contributed by atoms with van der Waals surface area (Å²) in [6.45, 7) is 5.09. The lowest BCUT2D eigenvalue weighted by Gasteiger charge is -2.30. The molecule has 0 bridgehead atoms. The highest BCUT2D eigenvalue weighted by Crippen LogP contribution is 2.35. The van der Waals surface area contributed by atoms with Gasteiger partial charge in [0.25, 0.3) is 0 Å². The standard InChI is InChI=1S/C19H23N3S.2ClH/c1-14-6-8-15(9-7-14)13-21-17-5-3-4-16(12-17)19(2)10-11-23-18(20)22-19;;/h3-9,12,21H,10-11,13H2,1-2H3,(H2,20,22);2*1H. The molecule has 2 aromatic rings. The zero-order valence-electron chi connectivity index (χ0n) is 14.5. The van der Waals surface area contributed by atoms with Gasteiger partial charge in [0.05, 0.1) is 5.54 Å². The predicted octanol–water partition coefficient (Wildman–Crippen LogP) is 5.12. The van der Waals surface area contributed by atoms with Gasteiger partial charge in [0, 0.05) is 18.0 Å². The van der Waals surface area contributed by atoms with Gasteiger partial charge in [-0.3, -0.25) is 4.99 Å². The minimum absolute atomic E-state index is 0. The maximum absolute atomic E-state index is 5.93. The fourth-order valence-electron chi connectivity index (χ4n) is 2.77. The van der Waals surface area contributed by atoms with Crippen LogP contribution in [0.3, 0.4) is 0 Å². The summed E-state index contributed by atoms with van der Waals surface area (Å²) in [6, 6.07) is 17.1. The number of aryl methyl sites for hydroxylation is 1. The molecule has 0 saturated heterocycles. The molecule has 0 amide bonds. The molecule has 1 unspecified atom stereocenters. The number of nitrogens with zero attached hydrogens (tertiary/aromatic N) is 1. The lowest BCUT2D eigenvalue weighted by molar-refractivity contribution is 0.482. The second-order valence-electron chi connectivity index (χ2n) is 6.24. The first-order chi connectivity index (χ1) is 11.0. The summed E-state index contributed by atoms with van der Waals surface area (Å²) in [4.78, 5) is 4.68. The Morgan fingerprint density at radius 1 is 1.16 bits per heavy atom. The maximum Gasteiger partial charge on any atom is 0.154 e. The number of nitrogens with one attached hydrogen (secondary N) is 1. The van der Waals surface area contributed by atoms with Crippen LogP contribution < -0.4 is 11.1 Å². The second-order valence-corrected chi connectivity index (χ2v) is 7.36. The van der Waals surface area contributed by atoms with Gasteiger partial charge in [-0.25, -0.2) is 0 Å². The molecule has 0 spiro atoms. The van der Waals surface area contributed by atoms with Gasteiger partial charge in [-0.1, -0.05) is 53.7 Å². The van der Waals surface area contributed by atoms with E-state index in [-0.39, 0.29) is 30.4 Å². The van der Waals surface area contributed by atoms with Gasteiger partial charge in [0.1, 0.15) is 0 Å². The molecule has 0 radical (unpaired) electrons. The number of halogens is 2. The molecule has 0 aliphatic carbocycles. The van der Waals surface area contributed by atoms with Gasteiger partial charge in [-0.15, -0.1) is 24.8 Å². The first kappa shape index (κ1) is 21.7. The largest absolute Gasteiger partial charge is 0.381 e. The Labute approximate surface area is 166 Å². The van der Waals surface area contributed by atoms with Crippen molar-refractivity contribution in [2.24, 2.45) is 10.7 Å². The van der Waals surface area contributed by atoms with Crippen molar-refractivity contribution in [3.63, 3.8) is 0 Å². The maximum atomic E-state index is 5.93. The van der Waals surface area contributed by atoms with Gasteiger partial charge < -0.3 is 11.1 Å². The van der Waals surface area contributed by atoms with Crippen LogP contribution in [-0.2, 0) is 12.1 Å².